The molecule has 0 radical (unpaired) electrons. The predicted octanol–water partition coefficient (Wildman–Crippen LogP) is 2.72. The first-order chi connectivity index (χ1) is 10.1. The minimum atomic E-state index is -0.965. The van der Waals surface area contributed by atoms with Gasteiger partial charge in [0, 0.05) is 13.7 Å². The Morgan fingerprint density at radius 3 is 2.62 bits per heavy atom. The predicted molar refractivity (Wildman–Crippen MR) is 78.1 cm³/mol. The Labute approximate surface area is 123 Å². The molecule has 0 atom stereocenters. The number of ether oxygens (including phenoxy) is 1. The first kappa shape index (κ1) is 15.3. The third-order valence-corrected chi connectivity index (χ3v) is 3.23. The van der Waals surface area contributed by atoms with Crippen molar-refractivity contribution < 1.29 is 19.1 Å². The van der Waals surface area contributed by atoms with Gasteiger partial charge in [-0.1, -0.05) is 24.3 Å². The number of nitrogens with one attached hydrogen (secondary N) is 1. The molecular formula is C16H19NO4. The largest absolute Gasteiger partial charge is 0.478 e. The lowest BCUT2D eigenvalue weighted by Crippen LogP contribution is -2.13. The fourth-order valence-electron chi connectivity index (χ4n) is 2.19. The van der Waals surface area contributed by atoms with E-state index in [1.807, 2.05) is 24.3 Å². The summed E-state index contributed by atoms with van der Waals surface area (Å²) in [6, 6.07) is 9.59. The number of benzene rings is 1. The van der Waals surface area contributed by atoms with Crippen LogP contribution in [0.2, 0.25) is 0 Å². The summed E-state index contributed by atoms with van der Waals surface area (Å²) in [6.07, 6.45) is 0. The normalized spacial score (nSPS) is 10.8. The zero-order chi connectivity index (χ0) is 15.2. The van der Waals surface area contributed by atoms with E-state index in [4.69, 9.17) is 14.3 Å². The van der Waals surface area contributed by atoms with E-state index in [1.54, 1.807) is 20.1 Å². The molecule has 2 aromatic rings. The minimum Gasteiger partial charge on any atom is -0.478 e. The second kappa shape index (κ2) is 7.06. The average molecular weight is 289 g/mol. The van der Waals surface area contributed by atoms with Crippen LogP contribution in [0.4, 0.5) is 0 Å². The Morgan fingerprint density at radius 1 is 1.29 bits per heavy atom. The maximum absolute atomic E-state index is 11.0. The van der Waals surface area contributed by atoms with Crippen LogP contribution in [-0.4, -0.2) is 18.2 Å². The van der Waals surface area contributed by atoms with Crippen molar-refractivity contribution in [2.24, 2.45) is 0 Å². The maximum Gasteiger partial charge on any atom is 0.339 e. The number of furan rings is 1. The van der Waals surface area contributed by atoms with Crippen molar-refractivity contribution in [1.82, 2.24) is 5.32 Å². The highest BCUT2D eigenvalue weighted by molar-refractivity contribution is 5.88. The second-order valence-electron chi connectivity index (χ2n) is 4.79. The lowest BCUT2D eigenvalue weighted by molar-refractivity contribution is 0.0695. The Hall–Kier alpha value is -2.11. The van der Waals surface area contributed by atoms with Crippen molar-refractivity contribution in [3.63, 3.8) is 0 Å². The average Bonchev–Trinajstić information content (AvgIpc) is 2.82. The molecule has 5 nitrogen and oxygen atoms in total. The van der Waals surface area contributed by atoms with Crippen LogP contribution in [-0.2, 0) is 24.4 Å². The summed E-state index contributed by atoms with van der Waals surface area (Å²) in [5.41, 5.74) is 2.50. The molecule has 0 fully saturated rings. The molecule has 0 aliphatic rings. The number of methoxy groups -OCH3 is 1. The van der Waals surface area contributed by atoms with Gasteiger partial charge >= 0.3 is 5.97 Å². The van der Waals surface area contributed by atoms with Gasteiger partial charge in [0.05, 0.1) is 13.2 Å². The number of aryl methyl sites for hydroxylation is 1. The lowest BCUT2D eigenvalue weighted by Gasteiger charge is -2.09. The van der Waals surface area contributed by atoms with Gasteiger partial charge in [0.2, 0.25) is 0 Å². The summed E-state index contributed by atoms with van der Waals surface area (Å²) in [6.45, 7) is 3.37. The smallest absolute Gasteiger partial charge is 0.339 e. The number of aromatic carboxylic acids is 1. The summed E-state index contributed by atoms with van der Waals surface area (Å²) in [5, 5.41) is 12.2. The van der Waals surface area contributed by atoms with Gasteiger partial charge in [-0.3, -0.25) is 0 Å². The van der Waals surface area contributed by atoms with Crippen molar-refractivity contribution in [2.75, 3.05) is 7.11 Å². The molecule has 2 rings (SSSR count). The Kier molecular flexibility index (Phi) is 5.14. The lowest BCUT2D eigenvalue weighted by atomic mass is 10.1. The molecule has 0 spiro atoms. The molecule has 1 heterocycles. The second-order valence-corrected chi connectivity index (χ2v) is 4.79. The van der Waals surface area contributed by atoms with Crippen molar-refractivity contribution in [2.45, 2.75) is 26.6 Å². The summed E-state index contributed by atoms with van der Waals surface area (Å²) >= 11 is 0. The van der Waals surface area contributed by atoms with Gasteiger partial charge in [-0.2, -0.15) is 0 Å². The topological polar surface area (TPSA) is 71.7 Å². The maximum atomic E-state index is 11.0. The Balaban J connectivity index is 1.95. The third-order valence-electron chi connectivity index (χ3n) is 3.23. The van der Waals surface area contributed by atoms with Crippen LogP contribution in [0.5, 0.6) is 0 Å². The van der Waals surface area contributed by atoms with Gasteiger partial charge in [0.15, 0.2) is 0 Å². The van der Waals surface area contributed by atoms with Gasteiger partial charge in [-0.05, 0) is 24.1 Å². The van der Waals surface area contributed by atoms with E-state index in [1.165, 1.54) is 0 Å². The van der Waals surface area contributed by atoms with Crippen LogP contribution in [0.1, 0.15) is 33.0 Å². The first-order valence-electron chi connectivity index (χ1n) is 6.71. The van der Waals surface area contributed by atoms with E-state index in [0.29, 0.717) is 31.2 Å². The standard InChI is InChI=1S/C16H19NO4/c1-11-15(16(18)19)7-14(21-11)9-17-8-12-5-3-4-6-13(12)10-20-2/h3-7,17H,8-10H2,1-2H3,(H,18,19). The first-order valence-corrected chi connectivity index (χ1v) is 6.71. The zero-order valence-electron chi connectivity index (χ0n) is 12.2. The number of hydrogen-bond acceptors (Lipinski definition) is 4. The van der Waals surface area contributed by atoms with Crippen LogP contribution < -0.4 is 5.32 Å². The van der Waals surface area contributed by atoms with Gasteiger partial charge in [0.25, 0.3) is 0 Å². The minimum absolute atomic E-state index is 0.214. The number of carbonyl (C=O) groups is 1. The van der Waals surface area contributed by atoms with E-state index in [0.717, 1.165) is 11.1 Å². The molecule has 21 heavy (non-hydrogen) atoms. The molecule has 0 saturated carbocycles. The van der Waals surface area contributed by atoms with Crippen molar-refractivity contribution in [3.8, 4) is 0 Å². The van der Waals surface area contributed by atoms with E-state index in [9.17, 15) is 4.79 Å². The number of rotatable bonds is 7. The zero-order valence-corrected chi connectivity index (χ0v) is 12.2. The molecule has 0 saturated heterocycles. The molecule has 112 valence electrons. The van der Waals surface area contributed by atoms with Crippen LogP contribution in [0.15, 0.2) is 34.7 Å². The van der Waals surface area contributed by atoms with Gasteiger partial charge in [-0.15, -0.1) is 0 Å². The number of carboxylic acids is 1. The summed E-state index contributed by atoms with van der Waals surface area (Å²) in [7, 11) is 1.67. The molecule has 0 amide bonds. The van der Waals surface area contributed by atoms with Gasteiger partial charge in [0.1, 0.15) is 17.1 Å². The molecular weight excluding hydrogens is 270 g/mol. The molecule has 5 heteroatoms. The van der Waals surface area contributed by atoms with Gasteiger partial charge < -0.3 is 19.6 Å². The highest BCUT2D eigenvalue weighted by atomic mass is 16.5. The fourth-order valence-corrected chi connectivity index (χ4v) is 2.19. The van der Waals surface area contributed by atoms with E-state index in [-0.39, 0.29) is 5.56 Å². The SMILES string of the molecule is COCc1ccccc1CNCc1cc(C(=O)O)c(C)o1. The number of hydrogen-bond donors (Lipinski definition) is 2. The molecule has 1 aromatic carbocycles. The molecule has 1 aromatic heterocycles. The molecule has 0 bridgehead atoms. The van der Waals surface area contributed by atoms with E-state index >= 15 is 0 Å². The monoisotopic (exact) mass is 289 g/mol. The van der Waals surface area contributed by atoms with Crippen LogP contribution in [0, 0.1) is 6.92 Å². The highest BCUT2D eigenvalue weighted by Crippen LogP contribution is 2.15. The van der Waals surface area contributed by atoms with E-state index < -0.39 is 5.97 Å². The van der Waals surface area contributed by atoms with Crippen molar-refractivity contribution in [1.29, 1.82) is 0 Å². The molecule has 2 N–H and O–H groups in total. The Bertz CT molecular complexity index is 618. The molecule has 0 aliphatic carbocycles. The Morgan fingerprint density at radius 2 is 2.00 bits per heavy atom. The van der Waals surface area contributed by atoms with Crippen LogP contribution >= 0.6 is 0 Å². The van der Waals surface area contributed by atoms with Crippen molar-refractivity contribution >= 4 is 5.97 Å². The van der Waals surface area contributed by atoms with E-state index in [2.05, 4.69) is 5.32 Å². The molecule has 0 aliphatic heterocycles. The van der Waals surface area contributed by atoms with Crippen LogP contribution in [0.3, 0.4) is 0 Å². The molecule has 0 unspecified atom stereocenters. The summed E-state index contributed by atoms with van der Waals surface area (Å²) in [4.78, 5) is 11.0. The fraction of sp³-hybridized carbons (Fsp3) is 0.312. The highest BCUT2D eigenvalue weighted by Gasteiger charge is 2.13. The van der Waals surface area contributed by atoms with Gasteiger partial charge in [-0.25, -0.2) is 4.79 Å². The van der Waals surface area contributed by atoms with Crippen molar-refractivity contribution in [3.05, 3.63) is 58.5 Å². The summed E-state index contributed by atoms with van der Waals surface area (Å²) < 4.78 is 10.6. The quantitative estimate of drug-likeness (QED) is 0.820. The third kappa shape index (κ3) is 3.93. The number of carboxylic acid groups (broad SMARTS) is 1. The summed E-state index contributed by atoms with van der Waals surface area (Å²) in [5.74, 6) is 0.0844. The van der Waals surface area contributed by atoms with Crippen LogP contribution in [0.25, 0.3) is 0 Å².